The van der Waals surface area contributed by atoms with Gasteiger partial charge in [-0.05, 0) is 63.2 Å². The van der Waals surface area contributed by atoms with Gasteiger partial charge in [0.2, 0.25) is 0 Å². The Bertz CT molecular complexity index is 801. The second-order valence-electron chi connectivity index (χ2n) is 16.7. The van der Waals surface area contributed by atoms with Gasteiger partial charge in [-0.15, -0.1) is 0 Å². The first-order valence-corrected chi connectivity index (χ1v) is 23.7. The maximum absolute atomic E-state index is 11.7. The quantitative estimate of drug-likeness (QED) is 0.0343. The third kappa shape index (κ3) is 49.9. The van der Waals surface area contributed by atoms with Crippen LogP contribution in [0.4, 0.5) is 0 Å². The SMILES string of the molecule is CC(C)CCCCCCCOC(=O)CCCCC(=O)OCCCCCCCC(C)C.CCCCCCCCOC(=O)CCCCC(=O)OCCCCCCCC. The van der Waals surface area contributed by atoms with Gasteiger partial charge in [-0.3, -0.25) is 19.2 Å². The van der Waals surface area contributed by atoms with Crippen LogP contribution in [0.2, 0.25) is 0 Å². The molecule has 0 atom stereocenters. The molecule has 0 aromatic rings. The molecule has 0 aromatic heterocycles. The van der Waals surface area contributed by atoms with E-state index >= 15 is 0 Å². The maximum atomic E-state index is 11.7. The van der Waals surface area contributed by atoms with Crippen molar-refractivity contribution in [3.63, 3.8) is 0 Å². The van der Waals surface area contributed by atoms with Crippen LogP contribution in [0.25, 0.3) is 0 Å². The lowest BCUT2D eigenvalue weighted by Crippen LogP contribution is -2.08. The van der Waals surface area contributed by atoms with Gasteiger partial charge in [-0.2, -0.15) is 0 Å². The van der Waals surface area contributed by atoms with Crippen LogP contribution >= 0.6 is 0 Å². The van der Waals surface area contributed by atoms with Crippen molar-refractivity contribution in [2.24, 2.45) is 11.8 Å². The topological polar surface area (TPSA) is 105 Å². The van der Waals surface area contributed by atoms with E-state index in [0.29, 0.717) is 77.8 Å². The molecule has 0 N–H and O–H groups in total. The van der Waals surface area contributed by atoms with E-state index < -0.39 is 0 Å². The Labute approximate surface area is 346 Å². The average Bonchev–Trinajstić information content (AvgIpc) is 3.16. The third-order valence-corrected chi connectivity index (χ3v) is 9.92. The molecule has 0 amide bonds. The van der Waals surface area contributed by atoms with Crippen LogP contribution in [-0.2, 0) is 38.1 Å². The molecule has 8 nitrogen and oxygen atoms in total. The zero-order valence-corrected chi connectivity index (χ0v) is 37.9. The number of esters is 4. The van der Waals surface area contributed by atoms with Crippen molar-refractivity contribution in [3.8, 4) is 0 Å². The van der Waals surface area contributed by atoms with Crippen molar-refractivity contribution in [2.75, 3.05) is 26.4 Å². The van der Waals surface area contributed by atoms with Crippen LogP contribution in [0.5, 0.6) is 0 Å². The van der Waals surface area contributed by atoms with Crippen molar-refractivity contribution < 1.29 is 38.1 Å². The van der Waals surface area contributed by atoms with Crippen LogP contribution in [0.3, 0.4) is 0 Å². The van der Waals surface area contributed by atoms with Crippen LogP contribution in [0.15, 0.2) is 0 Å². The Kier molecular flexibility index (Phi) is 45.6. The largest absolute Gasteiger partial charge is 0.466 e. The summed E-state index contributed by atoms with van der Waals surface area (Å²) >= 11 is 0. The molecule has 8 heteroatoms. The van der Waals surface area contributed by atoms with Crippen LogP contribution in [0.1, 0.15) is 247 Å². The molecule has 0 aliphatic rings. The van der Waals surface area contributed by atoms with Gasteiger partial charge in [-0.1, -0.05) is 170 Å². The normalized spacial score (nSPS) is 11.0. The monoisotopic (exact) mass is 797 g/mol. The number of carbonyl (C=O) groups excluding carboxylic acids is 4. The Morgan fingerprint density at radius 3 is 0.750 bits per heavy atom. The highest BCUT2D eigenvalue weighted by molar-refractivity contribution is 5.71. The predicted octanol–water partition coefficient (Wildman–Crippen LogP) is 14.0. The summed E-state index contributed by atoms with van der Waals surface area (Å²) < 4.78 is 21.0. The molecule has 0 aliphatic heterocycles. The van der Waals surface area contributed by atoms with Gasteiger partial charge in [0.15, 0.2) is 0 Å². The van der Waals surface area contributed by atoms with Gasteiger partial charge in [0.1, 0.15) is 0 Å². The van der Waals surface area contributed by atoms with Gasteiger partial charge < -0.3 is 18.9 Å². The predicted molar refractivity (Wildman–Crippen MR) is 233 cm³/mol. The van der Waals surface area contributed by atoms with E-state index in [1.165, 1.54) is 103 Å². The molecule has 56 heavy (non-hydrogen) atoms. The van der Waals surface area contributed by atoms with Crippen LogP contribution in [0, 0.1) is 11.8 Å². The zero-order chi connectivity index (χ0) is 41.7. The lowest BCUT2D eigenvalue weighted by molar-refractivity contribution is -0.146. The highest BCUT2D eigenvalue weighted by atomic mass is 16.5. The summed E-state index contributed by atoms with van der Waals surface area (Å²) in [4.78, 5) is 46.6. The molecule has 0 saturated carbocycles. The maximum Gasteiger partial charge on any atom is 0.305 e. The van der Waals surface area contributed by atoms with Crippen LogP contribution in [-0.4, -0.2) is 50.3 Å². The number of rotatable bonds is 40. The molecule has 0 spiro atoms. The average molecular weight is 797 g/mol. The summed E-state index contributed by atoms with van der Waals surface area (Å²) in [5.74, 6) is 1.03. The van der Waals surface area contributed by atoms with E-state index in [1.807, 2.05) is 0 Å². The van der Waals surface area contributed by atoms with Crippen molar-refractivity contribution in [3.05, 3.63) is 0 Å². The molecule has 0 rings (SSSR count). The summed E-state index contributed by atoms with van der Waals surface area (Å²) in [6.45, 7) is 15.6. The van der Waals surface area contributed by atoms with Gasteiger partial charge in [-0.25, -0.2) is 0 Å². The summed E-state index contributed by atoms with van der Waals surface area (Å²) in [6.07, 6.45) is 33.1. The Hall–Kier alpha value is -2.12. The van der Waals surface area contributed by atoms with E-state index in [2.05, 4.69) is 41.5 Å². The Morgan fingerprint density at radius 1 is 0.304 bits per heavy atom. The number of ether oxygens (including phenoxy) is 4. The van der Waals surface area contributed by atoms with Crippen molar-refractivity contribution in [1.29, 1.82) is 0 Å². The highest BCUT2D eigenvalue weighted by Gasteiger charge is 2.08. The Balaban J connectivity index is 0. The van der Waals surface area contributed by atoms with Crippen molar-refractivity contribution in [2.45, 2.75) is 247 Å². The minimum Gasteiger partial charge on any atom is -0.466 e. The molecule has 0 fully saturated rings. The molecule has 0 heterocycles. The lowest BCUT2D eigenvalue weighted by Gasteiger charge is -2.07. The van der Waals surface area contributed by atoms with Crippen molar-refractivity contribution in [1.82, 2.24) is 0 Å². The number of hydrogen-bond acceptors (Lipinski definition) is 8. The Morgan fingerprint density at radius 2 is 0.518 bits per heavy atom. The highest BCUT2D eigenvalue weighted by Crippen LogP contribution is 2.13. The molecule has 0 aromatic carbocycles. The zero-order valence-electron chi connectivity index (χ0n) is 37.9. The fraction of sp³-hybridized carbons (Fsp3) is 0.917. The standard InChI is InChI=1S/C26H50O4.C22H42O4/c1-23(2)17-11-7-5-9-15-21-29-25(27)19-13-14-20-26(28)30-22-16-10-6-8-12-18-24(3)4;1-3-5-7-9-11-15-19-25-21(23)17-13-14-18-22(24)26-20-16-12-10-8-6-4-2/h23-24H,5-22H2,1-4H3;3-20H2,1-2H3. The van der Waals surface area contributed by atoms with Gasteiger partial charge >= 0.3 is 23.9 Å². The first-order valence-electron chi connectivity index (χ1n) is 23.7. The smallest absolute Gasteiger partial charge is 0.305 e. The minimum atomic E-state index is -0.140. The molecule has 332 valence electrons. The van der Waals surface area contributed by atoms with E-state index in [-0.39, 0.29) is 23.9 Å². The van der Waals surface area contributed by atoms with E-state index in [9.17, 15) is 19.2 Å². The summed E-state index contributed by atoms with van der Waals surface area (Å²) in [7, 11) is 0. The number of hydrogen-bond donors (Lipinski definition) is 0. The van der Waals surface area contributed by atoms with E-state index in [1.54, 1.807) is 0 Å². The molecule has 0 bridgehead atoms. The summed E-state index contributed by atoms with van der Waals surface area (Å²) in [5.41, 5.74) is 0. The van der Waals surface area contributed by atoms with Crippen molar-refractivity contribution >= 4 is 23.9 Å². The first kappa shape index (κ1) is 56.0. The lowest BCUT2D eigenvalue weighted by atomic mass is 10.0. The summed E-state index contributed by atoms with van der Waals surface area (Å²) in [5, 5.41) is 0. The third-order valence-electron chi connectivity index (χ3n) is 9.92. The first-order chi connectivity index (χ1) is 27.1. The van der Waals surface area contributed by atoms with E-state index in [4.69, 9.17) is 18.9 Å². The fourth-order valence-corrected chi connectivity index (χ4v) is 6.24. The molecule has 0 saturated heterocycles. The second kappa shape index (κ2) is 45.6. The number of carbonyl (C=O) groups is 4. The van der Waals surface area contributed by atoms with Gasteiger partial charge in [0.05, 0.1) is 26.4 Å². The molecular weight excluding hydrogens is 705 g/mol. The van der Waals surface area contributed by atoms with Gasteiger partial charge in [0, 0.05) is 25.7 Å². The van der Waals surface area contributed by atoms with Gasteiger partial charge in [0.25, 0.3) is 0 Å². The molecule has 0 aliphatic carbocycles. The fourth-order valence-electron chi connectivity index (χ4n) is 6.24. The van der Waals surface area contributed by atoms with E-state index in [0.717, 1.165) is 63.2 Å². The number of unbranched alkanes of at least 4 members (excludes halogenated alkanes) is 20. The van der Waals surface area contributed by atoms with Crippen LogP contribution < -0.4 is 0 Å². The second-order valence-corrected chi connectivity index (χ2v) is 16.7. The molecule has 0 radical (unpaired) electrons. The molecule has 0 unspecified atom stereocenters. The molecular formula is C48H92O8. The summed E-state index contributed by atoms with van der Waals surface area (Å²) in [6, 6.07) is 0. The minimum absolute atomic E-state index is 0.138.